The summed E-state index contributed by atoms with van der Waals surface area (Å²) in [6.45, 7) is 1.36. The van der Waals surface area contributed by atoms with Gasteiger partial charge in [0.15, 0.2) is 0 Å². The highest BCUT2D eigenvalue weighted by Gasteiger charge is 2.28. The van der Waals surface area contributed by atoms with Crippen LogP contribution in [0.2, 0.25) is 0 Å². The molecule has 1 aliphatic rings. The lowest BCUT2D eigenvalue weighted by molar-refractivity contribution is -0.129. The van der Waals surface area contributed by atoms with Crippen LogP contribution in [-0.4, -0.2) is 35.0 Å². The van der Waals surface area contributed by atoms with Crippen molar-refractivity contribution in [3.8, 4) is 5.88 Å². The first-order valence-corrected chi connectivity index (χ1v) is 8.62. The van der Waals surface area contributed by atoms with Gasteiger partial charge < -0.3 is 9.64 Å². The Balaban J connectivity index is 1.42. The molecule has 4 rings (SSSR count). The second kappa shape index (κ2) is 6.93. The van der Waals surface area contributed by atoms with Crippen molar-refractivity contribution < 1.29 is 9.53 Å². The van der Waals surface area contributed by atoms with Crippen LogP contribution in [0.3, 0.4) is 0 Å². The molecule has 0 spiro atoms. The molecule has 1 atom stereocenters. The fourth-order valence-corrected chi connectivity index (χ4v) is 3.36. The highest BCUT2D eigenvalue weighted by molar-refractivity contribution is 5.90. The Morgan fingerprint density at radius 1 is 1.08 bits per heavy atom. The molecule has 1 aromatic heterocycles. The third-order valence-corrected chi connectivity index (χ3v) is 4.64. The topological polar surface area (TPSA) is 42.4 Å². The van der Waals surface area contributed by atoms with E-state index in [1.807, 2.05) is 47.4 Å². The van der Waals surface area contributed by atoms with Crippen molar-refractivity contribution >= 4 is 16.7 Å². The number of carbonyl (C=O) groups is 1. The quantitative estimate of drug-likeness (QED) is 0.735. The van der Waals surface area contributed by atoms with Crippen molar-refractivity contribution in [3.63, 3.8) is 0 Å². The number of ether oxygens (including phenoxy) is 1. The van der Waals surface area contributed by atoms with E-state index in [0.717, 1.165) is 23.9 Å². The van der Waals surface area contributed by atoms with Gasteiger partial charge in [0.05, 0.1) is 13.0 Å². The number of hydrogen-bond donors (Lipinski definition) is 0. The lowest BCUT2D eigenvalue weighted by Gasteiger charge is -2.17. The van der Waals surface area contributed by atoms with Crippen molar-refractivity contribution in [1.29, 1.82) is 0 Å². The second-order valence-electron chi connectivity index (χ2n) is 6.35. The first-order valence-electron chi connectivity index (χ1n) is 8.62. The number of fused-ring (bicyclic) bond motifs is 1. The summed E-state index contributed by atoms with van der Waals surface area (Å²) in [6.07, 6.45) is 3.01. The van der Waals surface area contributed by atoms with Crippen molar-refractivity contribution in [1.82, 2.24) is 9.88 Å². The van der Waals surface area contributed by atoms with Crippen LogP contribution < -0.4 is 4.74 Å². The third-order valence-electron chi connectivity index (χ3n) is 4.64. The van der Waals surface area contributed by atoms with Crippen molar-refractivity contribution in [2.24, 2.45) is 0 Å². The minimum absolute atomic E-state index is 0.0198. The van der Waals surface area contributed by atoms with Gasteiger partial charge in [-0.15, -0.1) is 0 Å². The van der Waals surface area contributed by atoms with Gasteiger partial charge in [0.25, 0.3) is 0 Å². The van der Waals surface area contributed by atoms with E-state index in [-0.39, 0.29) is 12.0 Å². The fourth-order valence-electron chi connectivity index (χ4n) is 3.36. The molecule has 0 saturated carbocycles. The number of hydrogen-bond acceptors (Lipinski definition) is 3. The summed E-state index contributed by atoms with van der Waals surface area (Å²) in [5.41, 5.74) is 1.08. The number of rotatable bonds is 4. The Bertz CT molecular complexity index is 874. The van der Waals surface area contributed by atoms with Gasteiger partial charge in [-0.25, -0.2) is 4.98 Å². The highest BCUT2D eigenvalue weighted by atomic mass is 16.5. The first-order chi connectivity index (χ1) is 12.3. The number of pyridine rings is 1. The number of amides is 1. The van der Waals surface area contributed by atoms with Crippen LogP contribution in [0, 0.1) is 0 Å². The zero-order chi connectivity index (χ0) is 17.1. The minimum atomic E-state index is 0.0198. The molecule has 4 nitrogen and oxygen atoms in total. The van der Waals surface area contributed by atoms with Crippen LogP contribution in [0.1, 0.15) is 12.0 Å². The molecule has 4 heteroatoms. The van der Waals surface area contributed by atoms with Crippen LogP contribution in [0.15, 0.2) is 66.9 Å². The van der Waals surface area contributed by atoms with Gasteiger partial charge in [0, 0.05) is 25.2 Å². The molecule has 1 saturated heterocycles. The molecule has 0 radical (unpaired) electrons. The highest BCUT2D eigenvalue weighted by Crippen LogP contribution is 2.21. The van der Waals surface area contributed by atoms with E-state index < -0.39 is 0 Å². The number of aromatic nitrogens is 1. The SMILES string of the molecule is O=C(Cc1cccc2ccccc12)N1CC[C@H](Oc2ccccn2)C1. The molecule has 2 aromatic carbocycles. The van der Waals surface area contributed by atoms with Crippen molar-refractivity contribution in [2.75, 3.05) is 13.1 Å². The van der Waals surface area contributed by atoms with Gasteiger partial charge in [-0.1, -0.05) is 48.5 Å². The van der Waals surface area contributed by atoms with Crippen LogP contribution in [0.25, 0.3) is 10.8 Å². The van der Waals surface area contributed by atoms with E-state index in [2.05, 4.69) is 23.2 Å². The Labute approximate surface area is 147 Å². The van der Waals surface area contributed by atoms with Gasteiger partial charge >= 0.3 is 0 Å². The predicted octanol–water partition coefficient (Wildman–Crippen LogP) is 3.46. The predicted molar refractivity (Wildman–Crippen MR) is 97.5 cm³/mol. The van der Waals surface area contributed by atoms with Crippen molar-refractivity contribution in [3.05, 3.63) is 72.4 Å². The number of nitrogens with zero attached hydrogens (tertiary/aromatic N) is 2. The van der Waals surface area contributed by atoms with E-state index in [4.69, 9.17) is 4.74 Å². The number of benzene rings is 2. The average Bonchev–Trinajstić information content (AvgIpc) is 3.11. The van der Waals surface area contributed by atoms with Gasteiger partial charge in [-0.2, -0.15) is 0 Å². The molecule has 1 fully saturated rings. The van der Waals surface area contributed by atoms with Crippen LogP contribution in [0.5, 0.6) is 5.88 Å². The first kappa shape index (κ1) is 15.6. The summed E-state index contributed by atoms with van der Waals surface area (Å²) < 4.78 is 5.87. The Morgan fingerprint density at radius 2 is 1.92 bits per heavy atom. The van der Waals surface area contributed by atoms with Gasteiger partial charge in [0.2, 0.25) is 11.8 Å². The van der Waals surface area contributed by atoms with Crippen molar-refractivity contribution in [2.45, 2.75) is 18.9 Å². The molecule has 25 heavy (non-hydrogen) atoms. The van der Waals surface area contributed by atoms with E-state index in [9.17, 15) is 4.79 Å². The fraction of sp³-hybridized carbons (Fsp3) is 0.238. The smallest absolute Gasteiger partial charge is 0.227 e. The Morgan fingerprint density at radius 3 is 2.80 bits per heavy atom. The molecule has 1 aliphatic heterocycles. The van der Waals surface area contributed by atoms with E-state index in [1.165, 1.54) is 5.39 Å². The lowest BCUT2D eigenvalue weighted by Crippen LogP contribution is -2.32. The second-order valence-corrected chi connectivity index (χ2v) is 6.35. The van der Waals surface area contributed by atoms with Gasteiger partial charge in [-0.3, -0.25) is 4.79 Å². The lowest BCUT2D eigenvalue weighted by atomic mass is 10.0. The molecule has 3 aromatic rings. The minimum Gasteiger partial charge on any atom is -0.472 e. The summed E-state index contributed by atoms with van der Waals surface area (Å²) in [7, 11) is 0. The maximum absolute atomic E-state index is 12.7. The Hall–Kier alpha value is -2.88. The van der Waals surface area contributed by atoms with Gasteiger partial charge in [0.1, 0.15) is 6.10 Å². The van der Waals surface area contributed by atoms with E-state index in [1.54, 1.807) is 6.20 Å². The van der Waals surface area contributed by atoms with E-state index >= 15 is 0 Å². The molecule has 1 amide bonds. The standard InChI is InChI=1S/C21H20N2O2/c24-21(14-17-8-5-7-16-6-1-2-9-19(16)17)23-13-11-18(15-23)25-20-10-3-4-12-22-20/h1-10,12,18H,11,13-15H2/t18-/m0/s1. The average molecular weight is 332 g/mol. The van der Waals surface area contributed by atoms with Crippen LogP contribution >= 0.6 is 0 Å². The van der Waals surface area contributed by atoms with Crippen LogP contribution in [0.4, 0.5) is 0 Å². The summed E-state index contributed by atoms with van der Waals surface area (Å²) in [5, 5.41) is 2.32. The third kappa shape index (κ3) is 3.48. The zero-order valence-electron chi connectivity index (χ0n) is 14.0. The number of likely N-dealkylation sites (tertiary alicyclic amines) is 1. The molecule has 126 valence electrons. The summed E-state index contributed by atoms with van der Waals surface area (Å²) in [4.78, 5) is 18.8. The number of carbonyl (C=O) groups excluding carboxylic acids is 1. The maximum Gasteiger partial charge on any atom is 0.227 e. The van der Waals surface area contributed by atoms with Gasteiger partial charge in [-0.05, 0) is 22.4 Å². The molecule has 0 bridgehead atoms. The summed E-state index contributed by atoms with van der Waals surface area (Å²) in [6, 6.07) is 19.9. The normalized spacial score (nSPS) is 17.0. The monoisotopic (exact) mass is 332 g/mol. The Kier molecular flexibility index (Phi) is 4.34. The summed E-state index contributed by atoms with van der Waals surface area (Å²) in [5.74, 6) is 0.777. The molecule has 0 N–H and O–H groups in total. The largest absolute Gasteiger partial charge is 0.472 e. The summed E-state index contributed by atoms with van der Waals surface area (Å²) >= 11 is 0. The molecular weight excluding hydrogens is 312 g/mol. The zero-order valence-corrected chi connectivity index (χ0v) is 14.0. The van der Waals surface area contributed by atoms with Crippen LogP contribution in [-0.2, 0) is 11.2 Å². The molecule has 0 unspecified atom stereocenters. The van der Waals surface area contributed by atoms with E-state index in [0.29, 0.717) is 18.8 Å². The maximum atomic E-state index is 12.7. The molecule has 2 heterocycles. The molecule has 0 aliphatic carbocycles. The molecular formula is C21H20N2O2.